The van der Waals surface area contributed by atoms with E-state index >= 15 is 0 Å². The Bertz CT molecular complexity index is 821. The van der Waals surface area contributed by atoms with E-state index in [4.69, 9.17) is 0 Å². The van der Waals surface area contributed by atoms with E-state index in [2.05, 4.69) is 9.97 Å². The zero-order valence-electron chi connectivity index (χ0n) is 12.6. The molecule has 0 aliphatic rings. The Morgan fingerprint density at radius 3 is 2.70 bits per heavy atom. The van der Waals surface area contributed by atoms with Gasteiger partial charge in [0.15, 0.2) is 5.65 Å². The summed E-state index contributed by atoms with van der Waals surface area (Å²) in [7, 11) is 0. The van der Waals surface area contributed by atoms with Crippen LogP contribution in [-0.2, 0) is 19.1 Å². The van der Waals surface area contributed by atoms with Crippen molar-refractivity contribution in [3.05, 3.63) is 59.5 Å². The summed E-state index contributed by atoms with van der Waals surface area (Å²) < 4.78 is 40.5. The standard InChI is InChI=1S/C17H16F3N3/c1-2-5-15-22-14-8-4-9-21-16(14)23(15)11-12-6-3-7-13(10-12)17(18,19)20/h3-4,6-10H,2,5,11H2,1H3. The van der Waals surface area contributed by atoms with Gasteiger partial charge in [-0.15, -0.1) is 0 Å². The molecule has 0 aliphatic heterocycles. The molecule has 0 aliphatic carbocycles. The van der Waals surface area contributed by atoms with E-state index < -0.39 is 11.7 Å². The molecule has 0 unspecified atom stereocenters. The minimum Gasteiger partial charge on any atom is -0.308 e. The fourth-order valence-electron chi connectivity index (χ4n) is 2.61. The van der Waals surface area contributed by atoms with Gasteiger partial charge in [0.05, 0.1) is 12.1 Å². The molecule has 0 fully saturated rings. The van der Waals surface area contributed by atoms with E-state index in [1.54, 1.807) is 18.3 Å². The lowest BCUT2D eigenvalue weighted by atomic mass is 10.1. The third-order valence-electron chi connectivity index (χ3n) is 3.65. The molecule has 1 aromatic carbocycles. The number of rotatable bonds is 4. The van der Waals surface area contributed by atoms with Crippen molar-refractivity contribution in [2.75, 3.05) is 0 Å². The Hall–Kier alpha value is -2.37. The number of benzene rings is 1. The van der Waals surface area contributed by atoms with Gasteiger partial charge in [-0.2, -0.15) is 13.2 Å². The van der Waals surface area contributed by atoms with Crippen molar-refractivity contribution in [2.45, 2.75) is 32.5 Å². The maximum atomic E-state index is 12.9. The Morgan fingerprint density at radius 2 is 1.96 bits per heavy atom. The van der Waals surface area contributed by atoms with E-state index in [0.717, 1.165) is 30.2 Å². The molecule has 0 spiro atoms. The van der Waals surface area contributed by atoms with Crippen LogP contribution in [0.1, 0.15) is 30.3 Å². The first kappa shape index (κ1) is 15.5. The summed E-state index contributed by atoms with van der Waals surface area (Å²) in [6.07, 6.45) is -0.999. The lowest BCUT2D eigenvalue weighted by Gasteiger charge is -2.11. The zero-order valence-corrected chi connectivity index (χ0v) is 12.6. The quantitative estimate of drug-likeness (QED) is 0.711. The van der Waals surface area contributed by atoms with E-state index in [0.29, 0.717) is 17.8 Å². The highest BCUT2D eigenvalue weighted by molar-refractivity contribution is 5.71. The summed E-state index contributed by atoms with van der Waals surface area (Å²) in [5.41, 5.74) is 1.42. The number of alkyl halides is 3. The first-order valence-corrected chi connectivity index (χ1v) is 7.45. The Kier molecular flexibility index (Phi) is 4.07. The zero-order chi connectivity index (χ0) is 16.4. The SMILES string of the molecule is CCCc1nc2cccnc2n1Cc1cccc(C(F)(F)F)c1. The molecule has 0 saturated carbocycles. The lowest BCUT2D eigenvalue weighted by Crippen LogP contribution is -2.09. The molecule has 2 heterocycles. The van der Waals surface area contributed by atoms with Gasteiger partial charge < -0.3 is 4.57 Å². The van der Waals surface area contributed by atoms with Crippen LogP contribution in [0.15, 0.2) is 42.6 Å². The Morgan fingerprint density at radius 1 is 1.13 bits per heavy atom. The van der Waals surface area contributed by atoms with Crippen LogP contribution in [0.3, 0.4) is 0 Å². The fraction of sp³-hybridized carbons (Fsp3) is 0.294. The number of imidazole rings is 1. The maximum Gasteiger partial charge on any atom is 0.416 e. The van der Waals surface area contributed by atoms with E-state index in [1.807, 2.05) is 17.6 Å². The summed E-state index contributed by atoms with van der Waals surface area (Å²) in [5.74, 6) is 0.846. The molecule has 3 nitrogen and oxygen atoms in total. The van der Waals surface area contributed by atoms with Gasteiger partial charge in [-0.1, -0.05) is 19.1 Å². The van der Waals surface area contributed by atoms with Crippen LogP contribution in [0.2, 0.25) is 0 Å². The lowest BCUT2D eigenvalue weighted by molar-refractivity contribution is -0.137. The van der Waals surface area contributed by atoms with E-state index in [1.165, 1.54) is 12.1 Å². The molecule has 23 heavy (non-hydrogen) atoms. The van der Waals surface area contributed by atoms with Crippen molar-refractivity contribution >= 4 is 11.2 Å². The molecule has 120 valence electrons. The Balaban J connectivity index is 2.02. The van der Waals surface area contributed by atoms with Crippen molar-refractivity contribution in [1.29, 1.82) is 0 Å². The molecule has 0 saturated heterocycles. The number of fused-ring (bicyclic) bond motifs is 1. The summed E-state index contributed by atoms with van der Waals surface area (Å²) in [5, 5.41) is 0. The molecular weight excluding hydrogens is 303 g/mol. The average Bonchev–Trinajstić information content (AvgIpc) is 2.85. The van der Waals surface area contributed by atoms with E-state index in [-0.39, 0.29) is 0 Å². The van der Waals surface area contributed by atoms with Gasteiger partial charge in [0.2, 0.25) is 0 Å². The summed E-state index contributed by atoms with van der Waals surface area (Å²) >= 11 is 0. The topological polar surface area (TPSA) is 30.7 Å². The highest BCUT2D eigenvalue weighted by Gasteiger charge is 2.30. The van der Waals surface area contributed by atoms with Crippen molar-refractivity contribution in [3.63, 3.8) is 0 Å². The smallest absolute Gasteiger partial charge is 0.308 e. The van der Waals surface area contributed by atoms with Crippen LogP contribution < -0.4 is 0 Å². The van der Waals surface area contributed by atoms with Crippen LogP contribution in [0.25, 0.3) is 11.2 Å². The monoisotopic (exact) mass is 319 g/mol. The first-order valence-electron chi connectivity index (χ1n) is 7.45. The number of aromatic nitrogens is 3. The number of nitrogens with zero attached hydrogens (tertiary/aromatic N) is 3. The van der Waals surface area contributed by atoms with E-state index in [9.17, 15) is 13.2 Å². The summed E-state index contributed by atoms with van der Waals surface area (Å²) in [6, 6.07) is 9.07. The van der Waals surface area contributed by atoms with Gasteiger partial charge in [0, 0.05) is 12.6 Å². The van der Waals surface area contributed by atoms with Gasteiger partial charge >= 0.3 is 6.18 Å². The normalized spacial score (nSPS) is 12.0. The Labute approximate surface area is 131 Å². The molecule has 0 radical (unpaired) electrons. The van der Waals surface area contributed by atoms with Crippen LogP contribution in [0.5, 0.6) is 0 Å². The van der Waals surface area contributed by atoms with Crippen molar-refractivity contribution < 1.29 is 13.2 Å². The van der Waals surface area contributed by atoms with Gasteiger partial charge in [-0.05, 0) is 36.2 Å². The molecule has 3 rings (SSSR count). The van der Waals surface area contributed by atoms with Crippen LogP contribution in [0.4, 0.5) is 13.2 Å². The van der Waals surface area contributed by atoms with Crippen molar-refractivity contribution in [3.8, 4) is 0 Å². The predicted octanol–water partition coefficient (Wildman–Crippen LogP) is 4.45. The molecule has 0 N–H and O–H groups in total. The van der Waals surface area contributed by atoms with Crippen LogP contribution >= 0.6 is 0 Å². The van der Waals surface area contributed by atoms with Gasteiger partial charge in [-0.25, -0.2) is 9.97 Å². The number of pyridine rings is 1. The maximum absolute atomic E-state index is 12.9. The number of hydrogen-bond donors (Lipinski definition) is 0. The van der Waals surface area contributed by atoms with Crippen LogP contribution in [0, 0.1) is 0 Å². The van der Waals surface area contributed by atoms with Gasteiger partial charge in [0.25, 0.3) is 0 Å². The second kappa shape index (κ2) is 6.02. The number of aryl methyl sites for hydroxylation is 1. The second-order valence-electron chi connectivity index (χ2n) is 5.41. The van der Waals surface area contributed by atoms with Crippen molar-refractivity contribution in [2.24, 2.45) is 0 Å². The highest BCUT2D eigenvalue weighted by atomic mass is 19.4. The average molecular weight is 319 g/mol. The molecule has 6 heteroatoms. The second-order valence-corrected chi connectivity index (χ2v) is 5.41. The predicted molar refractivity (Wildman–Crippen MR) is 82.1 cm³/mol. The molecular formula is C17H16F3N3. The molecule has 0 amide bonds. The molecule has 0 bridgehead atoms. The van der Waals surface area contributed by atoms with Gasteiger partial charge in [-0.3, -0.25) is 0 Å². The number of halogens is 3. The third-order valence-corrected chi connectivity index (χ3v) is 3.65. The fourth-order valence-corrected chi connectivity index (χ4v) is 2.61. The number of hydrogen-bond acceptors (Lipinski definition) is 2. The van der Waals surface area contributed by atoms with Crippen molar-refractivity contribution in [1.82, 2.24) is 14.5 Å². The molecule has 0 atom stereocenters. The largest absolute Gasteiger partial charge is 0.416 e. The molecule has 2 aromatic heterocycles. The first-order chi connectivity index (χ1) is 11.0. The third kappa shape index (κ3) is 3.21. The minimum atomic E-state index is -4.34. The highest BCUT2D eigenvalue weighted by Crippen LogP contribution is 2.30. The van der Waals surface area contributed by atoms with Gasteiger partial charge in [0.1, 0.15) is 11.3 Å². The molecule has 3 aromatic rings. The van der Waals surface area contributed by atoms with Crippen LogP contribution in [-0.4, -0.2) is 14.5 Å². The summed E-state index contributed by atoms with van der Waals surface area (Å²) in [4.78, 5) is 8.88. The minimum absolute atomic E-state index is 0.326. The summed E-state index contributed by atoms with van der Waals surface area (Å²) in [6.45, 7) is 2.37.